The van der Waals surface area contributed by atoms with Crippen LogP contribution in [-0.4, -0.2) is 56.7 Å². The van der Waals surface area contributed by atoms with Crippen molar-refractivity contribution in [3.05, 3.63) is 0 Å². The molecule has 0 aromatic rings. The van der Waals surface area contributed by atoms with Gasteiger partial charge in [-0.3, -0.25) is 0 Å². The van der Waals surface area contributed by atoms with Gasteiger partial charge >= 0.3 is 0 Å². The van der Waals surface area contributed by atoms with E-state index in [1.807, 2.05) is 18.8 Å². The van der Waals surface area contributed by atoms with Gasteiger partial charge in [0.05, 0.1) is 17.1 Å². The zero-order chi connectivity index (χ0) is 14.2. The maximum atomic E-state index is 11.7. The van der Waals surface area contributed by atoms with Crippen LogP contribution in [0.25, 0.3) is 0 Å². The minimum atomic E-state index is -2.79. The van der Waals surface area contributed by atoms with Gasteiger partial charge in [-0.25, -0.2) is 8.42 Å². The van der Waals surface area contributed by atoms with Crippen molar-refractivity contribution >= 4 is 21.6 Å². The van der Waals surface area contributed by atoms with E-state index in [1.54, 1.807) is 0 Å². The number of rotatable bonds is 3. The Balaban J connectivity index is 1.69. The van der Waals surface area contributed by atoms with Gasteiger partial charge in [-0.1, -0.05) is 0 Å². The summed E-state index contributed by atoms with van der Waals surface area (Å²) in [6, 6.07) is 0.332. The maximum Gasteiger partial charge on any atom is 0.150 e. The highest BCUT2D eigenvalue weighted by molar-refractivity contribution is 7.99. The molecule has 4 nitrogen and oxygen atoms in total. The van der Waals surface area contributed by atoms with Crippen molar-refractivity contribution in [3.8, 4) is 0 Å². The average molecular weight is 319 g/mol. The van der Waals surface area contributed by atoms with Crippen LogP contribution in [0.4, 0.5) is 0 Å². The van der Waals surface area contributed by atoms with Crippen LogP contribution < -0.4 is 5.32 Å². The largest absolute Gasteiger partial charge is 0.374 e. The molecule has 0 radical (unpaired) electrons. The molecule has 3 heterocycles. The molecule has 20 heavy (non-hydrogen) atoms. The third-order valence-corrected chi connectivity index (χ3v) is 8.23. The van der Waals surface area contributed by atoms with Gasteiger partial charge in [0.1, 0.15) is 0 Å². The summed E-state index contributed by atoms with van der Waals surface area (Å²) >= 11 is 1.99. The lowest BCUT2D eigenvalue weighted by atomic mass is 9.77. The van der Waals surface area contributed by atoms with Crippen LogP contribution in [0.5, 0.6) is 0 Å². The maximum absolute atomic E-state index is 11.7. The predicted octanol–water partition coefficient (Wildman–Crippen LogP) is 1.31. The molecule has 3 rings (SSSR count). The Labute approximate surface area is 126 Å². The number of ether oxygens (including phenoxy) is 1. The predicted molar refractivity (Wildman–Crippen MR) is 83.0 cm³/mol. The van der Waals surface area contributed by atoms with E-state index >= 15 is 0 Å². The molecule has 0 amide bonds. The van der Waals surface area contributed by atoms with Crippen molar-refractivity contribution in [1.82, 2.24) is 5.32 Å². The fourth-order valence-electron chi connectivity index (χ4n) is 4.20. The quantitative estimate of drug-likeness (QED) is 0.850. The Morgan fingerprint density at radius 2 is 2.20 bits per heavy atom. The number of hydrogen-bond acceptors (Lipinski definition) is 5. The van der Waals surface area contributed by atoms with Gasteiger partial charge in [0, 0.05) is 18.4 Å². The summed E-state index contributed by atoms with van der Waals surface area (Å²) in [7, 11) is -0.805. The molecular formula is C14H25NO3S2. The highest BCUT2D eigenvalue weighted by Gasteiger charge is 2.45. The van der Waals surface area contributed by atoms with Crippen molar-refractivity contribution in [1.29, 1.82) is 0 Å². The summed E-state index contributed by atoms with van der Waals surface area (Å²) in [6.07, 6.45) is 4.15. The van der Waals surface area contributed by atoms with Crippen LogP contribution in [0.3, 0.4) is 0 Å². The molecule has 0 aliphatic carbocycles. The van der Waals surface area contributed by atoms with E-state index < -0.39 is 9.84 Å². The summed E-state index contributed by atoms with van der Waals surface area (Å²) in [5, 5.41) is 3.43. The smallest absolute Gasteiger partial charge is 0.150 e. The first kappa shape index (κ1) is 15.1. The van der Waals surface area contributed by atoms with Gasteiger partial charge in [0.2, 0.25) is 0 Å². The molecule has 3 aliphatic heterocycles. The second-order valence-electron chi connectivity index (χ2n) is 6.56. The molecule has 3 saturated heterocycles. The summed E-state index contributed by atoms with van der Waals surface area (Å²) in [4.78, 5) is 0. The summed E-state index contributed by atoms with van der Waals surface area (Å²) in [5.74, 6) is 3.92. The third kappa shape index (κ3) is 3.03. The highest BCUT2D eigenvalue weighted by atomic mass is 32.2. The van der Waals surface area contributed by atoms with Gasteiger partial charge in [0.25, 0.3) is 0 Å². The molecule has 116 valence electrons. The molecule has 4 atom stereocenters. The van der Waals surface area contributed by atoms with E-state index in [1.165, 1.54) is 5.75 Å². The van der Waals surface area contributed by atoms with Crippen molar-refractivity contribution in [3.63, 3.8) is 0 Å². The SMILES string of the molecule is CNC(C1CCOC2(CCSC2)C1)C1CCS(=O)(=O)C1. The van der Waals surface area contributed by atoms with E-state index in [4.69, 9.17) is 4.74 Å². The Hall–Kier alpha value is 0.220. The lowest BCUT2D eigenvalue weighted by molar-refractivity contribution is -0.0873. The van der Waals surface area contributed by atoms with Crippen LogP contribution in [0.1, 0.15) is 25.7 Å². The van der Waals surface area contributed by atoms with Gasteiger partial charge in [-0.05, 0) is 50.3 Å². The zero-order valence-corrected chi connectivity index (χ0v) is 13.8. The monoisotopic (exact) mass is 319 g/mol. The molecule has 3 aliphatic rings. The summed E-state index contributed by atoms with van der Waals surface area (Å²) in [5.41, 5.74) is 0.0835. The zero-order valence-electron chi connectivity index (χ0n) is 12.1. The molecule has 0 saturated carbocycles. The number of thioether (sulfide) groups is 1. The van der Waals surface area contributed by atoms with E-state index in [0.717, 1.165) is 38.0 Å². The minimum Gasteiger partial charge on any atom is -0.374 e. The molecule has 1 spiro atoms. The van der Waals surface area contributed by atoms with Crippen LogP contribution in [0.15, 0.2) is 0 Å². The van der Waals surface area contributed by atoms with Gasteiger partial charge in [0.15, 0.2) is 9.84 Å². The molecule has 0 aromatic heterocycles. The summed E-state index contributed by atoms with van der Waals surface area (Å²) < 4.78 is 29.6. The first-order chi connectivity index (χ1) is 9.54. The molecular weight excluding hydrogens is 294 g/mol. The molecule has 0 bridgehead atoms. The third-order valence-electron chi connectivity index (χ3n) is 5.21. The minimum absolute atomic E-state index is 0.0835. The Morgan fingerprint density at radius 3 is 2.80 bits per heavy atom. The van der Waals surface area contributed by atoms with Gasteiger partial charge < -0.3 is 10.1 Å². The van der Waals surface area contributed by atoms with E-state index in [9.17, 15) is 8.42 Å². The first-order valence-electron chi connectivity index (χ1n) is 7.63. The standard InChI is InChI=1S/C14H25NO3S2/c1-15-13(12-3-7-20(16,17)9-12)11-2-5-18-14(8-11)4-6-19-10-14/h11-13,15H,2-10H2,1H3. The lowest BCUT2D eigenvalue weighted by Gasteiger charge is -2.42. The fraction of sp³-hybridized carbons (Fsp3) is 1.00. The molecule has 0 aromatic carbocycles. The highest BCUT2D eigenvalue weighted by Crippen LogP contribution is 2.43. The topological polar surface area (TPSA) is 55.4 Å². The Bertz CT molecular complexity index is 445. The fourth-order valence-corrected chi connectivity index (χ4v) is 7.43. The molecule has 4 unspecified atom stereocenters. The molecule has 1 N–H and O–H groups in total. The van der Waals surface area contributed by atoms with Crippen molar-refractivity contribution in [2.45, 2.75) is 37.3 Å². The lowest BCUT2D eigenvalue weighted by Crippen LogP contribution is -2.49. The number of nitrogens with one attached hydrogen (secondary N) is 1. The number of hydrogen-bond donors (Lipinski definition) is 1. The second-order valence-corrected chi connectivity index (χ2v) is 9.90. The van der Waals surface area contributed by atoms with Crippen molar-refractivity contribution in [2.24, 2.45) is 11.8 Å². The van der Waals surface area contributed by atoms with Crippen molar-refractivity contribution < 1.29 is 13.2 Å². The van der Waals surface area contributed by atoms with Crippen LogP contribution >= 0.6 is 11.8 Å². The van der Waals surface area contributed by atoms with Crippen LogP contribution in [0.2, 0.25) is 0 Å². The average Bonchev–Trinajstić information content (AvgIpc) is 2.98. The first-order valence-corrected chi connectivity index (χ1v) is 10.6. The molecule has 3 fully saturated rings. The van der Waals surface area contributed by atoms with Gasteiger partial charge in [-0.2, -0.15) is 11.8 Å². The normalized spacial score (nSPS) is 42.0. The van der Waals surface area contributed by atoms with Gasteiger partial charge in [-0.15, -0.1) is 0 Å². The second kappa shape index (κ2) is 5.78. The summed E-state index contributed by atoms with van der Waals surface area (Å²) in [6.45, 7) is 0.836. The van der Waals surface area contributed by atoms with Crippen molar-refractivity contribution in [2.75, 3.05) is 36.7 Å². The van der Waals surface area contributed by atoms with Crippen LogP contribution in [-0.2, 0) is 14.6 Å². The number of sulfone groups is 1. The Kier molecular flexibility index (Phi) is 4.37. The van der Waals surface area contributed by atoms with E-state index in [2.05, 4.69) is 5.32 Å². The van der Waals surface area contributed by atoms with Crippen LogP contribution in [0, 0.1) is 11.8 Å². The molecule has 6 heteroatoms. The van der Waals surface area contributed by atoms with E-state index in [-0.39, 0.29) is 5.60 Å². The van der Waals surface area contributed by atoms with E-state index in [0.29, 0.717) is 29.4 Å². The Morgan fingerprint density at radius 1 is 1.35 bits per heavy atom.